The van der Waals surface area contributed by atoms with Crippen LogP contribution in [0.4, 0.5) is 4.79 Å². The summed E-state index contributed by atoms with van der Waals surface area (Å²) >= 11 is 0. The van der Waals surface area contributed by atoms with Crippen LogP contribution in [0.5, 0.6) is 5.75 Å². The molecule has 1 N–H and O–H groups in total. The molecule has 1 amide bonds. The second-order valence-electron chi connectivity index (χ2n) is 4.25. The molecule has 18 heavy (non-hydrogen) atoms. The predicted molar refractivity (Wildman–Crippen MR) is 65.1 cm³/mol. The van der Waals surface area contributed by atoms with Gasteiger partial charge >= 0.3 is 6.09 Å². The topological polar surface area (TPSA) is 59.0 Å². The minimum atomic E-state index is -0.462. The molecule has 1 aliphatic carbocycles. The summed E-state index contributed by atoms with van der Waals surface area (Å²) in [4.78, 5) is 13.0. The van der Waals surface area contributed by atoms with E-state index in [1.807, 2.05) is 24.3 Å². The molecule has 0 unspecified atom stereocenters. The molecule has 5 heteroatoms. The molecule has 5 nitrogen and oxygen atoms in total. The Hall–Kier alpha value is -1.75. The Morgan fingerprint density at radius 3 is 2.56 bits per heavy atom. The largest absolute Gasteiger partial charge is 0.497 e. The highest BCUT2D eigenvalue weighted by Gasteiger charge is 2.32. The first-order chi connectivity index (χ1) is 8.74. The van der Waals surface area contributed by atoms with Crippen molar-refractivity contribution in [3.05, 3.63) is 29.8 Å². The predicted octanol–water partition coefficient (Wildman–Crippen LogP) is 1.75. The molecule has 0 aromatic heterocycles. The lowest BCUT2D eigenvalue weighted by Gasteiger charge is -2.18. The summed E-state index contributed by atoms with van der Waals surface area (Å²) in [7, 11) is 1.60. The van der Waals surface area contributed by atoms with Crippen LogP contribution in [0.15, 0.2) is 24.3 Å². The molecule has 0 atom stereocenters. The summed E-state index contributed by atoms with van der Waals surface area (Å²) in [5.41, 5.74) is 0.887. The highest BCUT2D eigenvalue weighted by molar-refractivity contribution is 5.68. The fourth-order valence-corrected chi connectivity index (χ4v) is 1.66. The quantitative estimate of drug-likeness (QED) is 0.810. The van der Waals surface area contributed by atoms with E-state index in [-0.39, 0.29) is 19.4 Å². The summed E-state index contributed by atoms with van der Waals surface area (Å²) in [6.07, 6.45) is 1.42. The van der Waals surface area contributed by atoms with Crippen LogP contribution in [0.3, 0.4) is 0 Å². The summed E-state index contributed by atoms with van der Waals surface area (Å²) < 4.78 is 10.2. The second kappa shape index (κ2) is 5.73. The van der Waals surface area contributed by atoms with Gasteiger partial charge in [0.15, 0.2) is 0 Å². The normalized spacial score (nSPS) is 14.1. The van der Waals surface area contributed by atoms with Crippen molar-refractivity contribution in [2.24, 2.45) is 0 Å². The Balaban J connectivity index is 1.84. The number of amides is 1. The van der Waals surface area contributed by atoms with E-state index in [2.05, 4.69) is 0 Å². The molecule has 1 aliphatic rings. The van der Waals surface area contributed by atoms with E-state index in [1.165, 1.54) is 4.90 Å². The number of methoxy groups -OCH3 is 1. The highest BCUT2D eigenvalue weighted by atomic mass is 16.6. The lowest BCUT2D eigenvalue weighted by atomic mass is 10.2. The van der Waals surface area contributed by atoms with Gasteiger partial charge < -0.3 is 14.6 Å². The molecular weight excluding hydrogens is 234 g/mol. The highest BCUT2D eigenvalue weighted by Crippen LogP contribution is 2.26. The zero-order valence-corrected chi connectivity index (χ0v) is 10.3. The molecule has 0 heterocycles. The Morgan fingerprint density at radius 2 is 2.06 bits per heavy atom. The van der Waals surface area contributed by atoms with Crippen LogP contribution in [-0.2, 0) is 11.3 Å². The van der Waals surface area contributed by atoms with Crippen LogP contribution >= 0.6 is 0 Å². The van der Waals surface area contributed by atoms with Gasteiger partial charge in [0.25, 0.3) is 0 Å². The summed E-state index contributed by atoms with van der Waals surface area (Å²) in [5, 5.41) is 9.08. The van der Waals surface area contributed by atoms with E-state index in [9.17, 15) is 4.79 Å². The smallest absolute Gasteiger partial charge is 0.412 e. The standard InChI is InChI=1S/C13H17NO4/c1-17-12-6-2-10(3-7-12)8-18-13(16)14(9-15)11-4-5-11/h2-3,6-7,11,15H,4-5,8-9H2,1H3. The zero-order chi connectivity index (χ0) is 13.0. The van der Waals surface area contributed by atoms with Gasteiger partial charge in [0, 0.05) is 6.04 Å². The van der Waals surface area contributed by atoms with Crippen molar-refractivity contribution >= 4 is 6.09 Å². The maximum atomic E-state index is 11.7. The van der Waals surface area contributed by atoms with Gasteiger partial charge in [0.2, 0.25) is 0 Å². The van der Waals surface area contributed by atoms with Gasteiger partial charge in [-0.15, -0.1) is 0 Å². The summed E-state index contributed by atoms with van der Waals surface area (Å²) in [6.45, 7) is -0.0852. The number of ether oxygens (including phenoxy) is 2. The van der Waals surface area contributed by atoms with Crippen LogP contribution in [0.25, 0.3) is 0 Å². The lowest BCUT2D eigenvalue weighted by molar-refractivity contribution is 0.0540. The Kier molecular flexibility index (Phi) is 4.04. The number of rotatable bonds is 5. The minimum absolute atomic E-state index is 0.151. The fourth-order valence-electron chi connectivity index (χ4n) is 1.66. The molecule has 2 rings (SSSR count). The van der Waals surface area contributed by atoms with Gasteiger partial charge in [0.1, 0.15) is 19.1 Å². The molecule has 98 valence electrons. The maximum absolute atomic E-state index is 11.7. The third-order valence-corrected chi connectivity index (χ3v) is 2.90. The number of nitrogens with zero attached hydrogens (tertiary/aromatic N) is 1. The molecule has 0 aliphatic heterocycles. The molecular formula is C13H17NO4. The number of hydrogen-bond acceptors (Lipinski definition) is 4. The van der Waals surface area contributed by atoms with Crippen molar-refractivity contribution < 1.29 is 19.4 Å². The Bertz CT molecular complexity index is 400. The Morgan fingerprint density at radius 1 is 1.39 bits per heavy atom. The van der Waals surface area contributed by atoms with Crippen LogP contribution in [0.1, 0.15) is 18.4 Å². The van der Waals surface area contributed by atoms with Crippen LogP contribution in [0, 0.1) is 0 Å². The third-order valence-electron chi connectivity index (χ3n) is 2.90. The first-order valence-electron chi connectivity index (χ1n) is 5.91. The van der Waals surface area contributed by atoms with Crippen LogP contribution in [0.2, 0.25) is 0 Å². The Labute approximate surface area is 106 Å². The van der Waals surface area contributed by atoms with Crippen molar-refractivity contribution in [2.75, 3.05) is 13.8 Å². The first kappa shape index (κ1) is 12.7. The first-order valence-corrected chi connectivity index (χ1v) is 5.91. The molecule has 0 saturated heterocycles. The number of hydrogen-bond donors (Lipinski definition) is 1. The SMILES string of the molecule is COc1ccc(COC(=O)N(CO)C2CC2)cc1. The fraction of sp³-hybridized carbons (Fsp3) is 0.462. The van der Waals surface area contributed by atoms with Crippen molar-refractivity contribution in [3.63, 3.8) is 0 Å². The van der Waals surface area contributed by atoms with E-state index in [1.54, 1.807) is 7.11 Å². The van der Waals surface area contributed by atoms with Gasteiger partial charge in [-0.05, 0) is 30.5 Å². The van der Waals surface area contributed by atoms with Crippen molar-refractivity contribution in [2.45, 2.75) is 25.5 Å². The number of carbonyl (C=O) groups excluding carboxylic acids is 1. The number of aliphatic hydroxyl groups excluding tert-OH is 1. The van der Waals surface area contributed by atoms with Gasteiger partial charge in [-0.3, -0.25) is 4.90 Å². The molecule has 1 saturated carbocycles. The van der Waals surface area contributed by atoms with E-state index < -0.39 is 6.09 Å². The van der Waals surface area contributed by atoms with Gasteiger partial charge in [0.05, 0.1) is 7.11 Å². The third kappa shape index (κ3) is 3.13. The van der Waals surface area contributed by atoms with Gasteiger partial charge in [-0.2, -0.15) is 0 Å². The van der Waals surface area contributed by atoms with Crippen molar-refractivity contribution in [1.29, 1.82) is 0 Å². The average molecular weight is 251 g/mol. The molecule has 0 spiro atoms. The number of benzene rings is 1. The van der Waals surface area contributed by atoms with Crippen LogP contribution in [-0.4, -0.2) is 36.0 Å². The maximum Gasteiger partial charge on any atom is 0.412 e. The average Bonchev–Trinajstić information content (AvgIpc) is 3.22. The van der Waals surface area contributed by atoms with E-state index in [0.717, 1.165) is 24.2 Å². The molecule has 1 aromatic carbocycles. The molecule has 1 aromatic rings. The van der Waals surface area contributed by atoms with E-state index in [4.69, 9.17) is 14.6 Å². The summed E-state index contributed by atoms with van der Waals surface area (Å²) in [6, 6.07) is 7.46. The van der Waals surface area contributed by atoms with Gasteiger partial charge in [-0.1, -0.05) is 12.1 Å². The number of carbonyl (C=O) groups is 1. The summed E-state index contributed by atoms with van der Waals surface area (Å²) in [5.74, 6) is 0.764. The van der Waals surface area contributed by atoms with Crippen molar-refractivity contribution in [3.8, 4) is 5.75 Å². The molecule has 0 bridgehead atoms. The minimum Gasteiger partial charge on any atom is -0.497 e. The second-order valence-corrected chi connectivity index (χ2v) is 4.25. The zero-order valence-electron chi connectivity index (χ0n) is 10.3. The van der Waals surface area contributed by atoms with E-state index >= 15 is 0 Å². The molecule has 0 radical (unpaired) electrons. The van der Waals surface area contributed by atoms with E-state index in [0.29, 0.717) is 0 Å². The van der Waals surface area contributed by atoms with Gasteiger partial charge in [-0.25, -0.2) is 4.79 Å². The lowest BCUT2D eigenvalue weighted by Crippen LogP contribution is -2.34. The monoisotopic (exact) mass is 251 g/mol. The number of aliphatic hydroxyl groups is 1. The van der Waals surface area contributed by atoms with Crippen molar-refractivity contribution in [1.82, 2.24) is 4.90 Å². The van der Waals surface area contributed by atoms with Crippen LogP contribution < -0.4 is 4.74 Å². The molecule has 1 fully saturated rings.